The van der Waals surface area contributed by atoms with Gasteiger partial charge in [-0.15, -0.1) is 0 Å². The molecule has 146 valence electrons. The Kier molecular flexibility index (Phi) is 3.97. The summed E-state index contributed by atoms with van der Waals surface area (Å²) in [7, 11) is 3.76. The fourth-order valence-electron chi connectivity index (χ4n) is 4.56. The average Bonchev–Trinajstić information content (AvgIpc) is 3.29. The highest BCUT2D eigenvalue weighted by Gasteiger charge is 2.43. The van der Waals surface area contributed by atoms with Crippen LogP contribution in [-0.2, 0) is 7.05 Å². The fraction of sp³-hybridized carbons (Fsp3) is 0.450. The number of nitrogens with zero attached hydrogens (tertiary/aromatic N) is 5. The Labute approximate surface area is 162 Å². The number of nitrogens with one attached hydrogen (secondary N) is 1. The second kappa shape index (κ2) is 6.41. The van der Waals surface area contributed by atoms with Crippen molar-refractivity contribution in [3.05, 3.63) is 30.9 Å². The number of imidazole rings is 1. The molecule has 2 aliphatic rings. The minimum atomic E-state index is -0.916. The first-order valence-corrected chi connectivity index (χ1v) is 9.61. The van der Waals surface area contributed by atoms with E-state index in [2.05, 4.69) is 20.3 Å². The van der Waals surface area contributed by atoms with Crippen molar-refractivity contribution in [3.8, 4) is 17.0 Å². The van der Waals surface area contributed by atoms with Crippen LogP contribution >= 0.6 is 0 Å². The second-order valence-electron chi connectivity index (χ2n) is 7.85. The van der Waals surface area contributed by atoms with Crippen LogP contribution in [0, 0.1) is 0 Å². The maximum atomic E-state index is 14.8. The third kappa shape index (κ3) is 2.63. The summed E-state index contributed by atoms with van der Waals surface area (Å²) in [5.41, 5.74) is 2.52. The maximum Gasteiger partial charge on any atom is 0.152 e. The highest BCUT2D eigenvalue weighted by molar-refractivity contribution is 5.89. The van der Waals surface area contributed by atoms with Crippen LogP contribution in [0.4, 0.5) is 10.2 Å². The Hall–Kier alpha value is -2.74. The van der Waals surface area contributed by atoms with Crippen LogP contribution in [0.1, 0.15) is 19.3 Å². The first kappa shape index (κ1) is 17.4. The van der Waals surface area contributed by atoms with Crippen molar-refractivity contribution in [2.45, 2.75) is 43.6 Å². The van der Waals surface area contributed by atoms with Crippen LogP contribution in [-0.4, -0.2) is 56.0 Å². The Morgan fingerprint density at radius 3 is 2.86 bits per heavy atom. The largest absolute Gasteiger partial charge is 0.505 e. The summed E-state index contributed by atoms with van der Waals surface area (Å²) < 4.78 is 16.7. The van der Waals surface area contributed by atoms with Crippen molar-refractivity contribution in [3.63, 3.8) is 0 Å². The van der Waals surface area contributed by atoms with Gasteiger partial charge in [0.05, 0.1) is 36.0 Å². The van der Waals surface area contributed by atoms with E-state index in [1.165, 1.54) is 0 Å². The van der Waals surface area contributed by atoms with Gasteiger partial charge in [0, 0.05) is 31.7 Å². The number of phenolic OH excluding ortho intramolecular Hbond substituents is 1. The smallest absolute Gasteiger partial charge is 0.152 e. The lowest BCUT2D eigenvalue weighted by Gasteiger charge is -2.38. The lowest BCUT2D eigenvalue weighted by Crippen LogP contribution is -2.55. The summed E-state index contributed by atoms with van der Waals surface area (Å²) in [4.78, 5) is 15.1. The normalized spacial score (nSPS) is 26.7. The van der Waals surface area contributed by atoms with E-state index in [0.29, 0.717) is 28.6 Å². The highest BCUT2D eigenvalue weighted by atomic mass is 19.1. The van der Waals surface area contributed by atoms with E-state index < -0.39 is 6.17 Å². The summed E-state index contributed by atoms with van der Waals surface area (Å²) in [6, 6.07) is 3.85. The number of anilines is 1. The zero-order chi connectivity index (χ0) is 19.4. The van der Waals surface area contributed by atoms with E-state index in [1.807, 2.05) is 35.7 Å². The van der Waals surface area contributed by atoms with Crippen molar-refractivity contribution in [1.82, 2.24) is 24.8 Å². The molecule has 5 rings (SSSR count). The molecule has 1 unspecified atom stereocenters. The first-order chi connectivity index (χ1) is 13.5. The van der Waals surface area contributed by atoms with Crippen molar-refractivity contribution >= 4 is 16.9 Å². The average molecular weight is 382 g/mol. The number of hydrogen-bond donors (Lipinski definition) is 2. The van der Waals surface area contributed by atoms with Crippen molar-refractivity contribution in [2.75, 3.05) is 11.9 Å². The summed E-state index contributed by atoms with van der Waals surface area (Å²) in [5, 5.41) is 13.9. The summed E-state index contributed by atoms with van der Waals surface area (Å²) in [5.74, 6) is 0.725. The molecule has 2 N–H and O–H groups in total. The van der Waals surface area contributed by atoms with Gasteiger partial charge >= 0.3 is 0 Å². The van der Waals surface area contributed by atoms with Gasteiger partial charge in [-0.2, -0.15) is 0 Å². The van der Waals surface area contributed by atoms with Gasteiger partial charge in [0.15, 0.2) is 5.75 Å². The van der Waals surface area contributed by atoms with Gasteiger partial charge < -0.3 is 19.9 Å². The number of piperidine rings is 1. The number of aryl methyl sites for hydroxylation is 1. The number of hydrogen-bond acceptors (Lipinski definition) is 6. The van der Waals surface area contributed by atoms with Gasteiger partial charge in [-0.25, -0.2) is 14.4 Å². The minimum absolute atomic E-state index is 0.0551. The quantitative estimate of drug-likeness (QED) is 0.724. The third-order valence-corrected chi connectivity index (χ3v) is 6.20. The lowest BCUT2D eigenvalue weighted by molar-refractivity contribution is 0.176. The number of benzene rings is 1. The topological polar surface area (TPSA) is 79.1 Å². The summed E-state index contributed by atoms with van der Waals surface area (Å²) >= 11 is 0. The molecule has 1 aromatic carbocycles. The standard InChI is InChI=1S/C20H23FN6O/c1-26-10-24-19-15(26)6-4-12(20(19)28)14-8-23-17(9-22-14)27(2)16-7-11-3-5-13(25-11)18(16)21/h4,6,8-11,13,16,18,25,28H,3,5,7H2,1-2H3/t11-,13?,16-,18+/m0/s1. The number of phenols is 1. The molecule has 3 aromatic rings. The van der Waals surface area contributed by atoms with Crippen LogP contribution in [0.5, 0.6) is 5.75 Å². The number of alkyl halides is 1. The summed E-state index contributed by atoms with van der Waals surface area (Å²) in [6.45, 7) is 0. The Bertz CT molecular complexity index is 1020. The first-order valence-electron chi connectivity index (χ1n) is 9.61. The van der Waals surface area contributed by atoms with Crippen molar-refractivity contribution < 1.29 is 9.50 Å². The molecule has 2 bridgehead atoms. The number of rotatable bonds is 3. The predicted molar refractivity (Wildman–Crippen MR) is 105 cm³/mol. The molecule has 2 aromatic heterocycles. The van der Waals surface area contributed by atoms with E-state index >= 15 is 0 Å². The second-order valence-corrected chi connectivity index (χ2v) is 7.85. The molecular weight excluding hydrogens is 359 g/mol. The molecular formula is C20H23FN6O. The number of aromatic nitrogens is 4. The fourth-order valence-corrected chi connectivity index (χ4v) is 4.56. The van der Waals surface area contributed by atoms with E-state index in [-0.39, 0.29) is 17.8 Å². The Morgan fingerprint density at radius 2 is 2.07 bits per heavy atom. The van der Waals surface area contributed by atoms with Gasteiger partial charge in [-0.1, -0.05) is 0 Å². The number of fused-ring (bicyclic) bond motifs is 3. The van der Waals surface area contributed by atoms with Gasteiger partial charge in [-0.3, -0.25) is 4.98 Å². The zero-order valence-corrected chi connectivity index (χ0v) is 15.9. The predicted octanol–water partition coefficient (Wildman–Crippen LogP) is 2.40. The van der Waals surface area contributed by atoms with Crippen molar-refractivity contribution in [1.29, 1.82) is 0 Å². The number of halogens is 1. The molecule has 0 saturated carbocycles. The summed E-state index contributed by atoms with van der Waals surface area (Å²) in [6.07, 6.45) is 6.73. The molecule has 0 amide bonds. The molecule has 0 spiro atoms. The third-order valence-electron chi connectivity index (χ3n) is 6.20. The SMILES string of the molecule is CN(c1cnc(-c2ccc3c(ncn3C)c2O)cn1)[C@H]1C[C@@H]2CCC(N2)[C@H]1F. The van der Waals surface area contributed by atoms with Crippen LogP contribution in [0.2, 0.25) is 0 Å². The van der Waals surface area contributed by atoms with Crippen LogP contribution in [0.3, 0.4) is 0 Å². The maximum absolute atomic E-state index is 14.8. The van der Waals surface area contributed by atoms with Crippen LogP contribution < -0.4 is 10.2 Å². The van der Waals surface area contributed by atoms with E-state index in [0.717, 1.165) is 24.8 Å². The Balaban J connectivity index is 1.42. The van der Waals surface area contributed by atoms with Crippen LogP contribution in [0.25, 0.3) is 22.3 Å². The zero-order valence-electron chi connectivity index (χ0n) is 15.9. The minimum Gasteiger partial charge on any atom is -0.505 e. The molecule has 2 fully saturated rings. The molecule has 2 saturated heterocycles. The Morgan fingerprint density at radius 1 is 1.21 bits per heavy atom. The molecule has 0 radical (unpaired) electrons. The van der Waals surface area contributed by atoms with Gasteiger partial charge in [-0.05, 0) is 31.4 Å². The molecule has 2 aliphatic heterocycles. The van der Waals surface area contributed by atoms with Crippen LogP contribution in [0.15, 0.2) is 30.9 Å². The van der Waals surface area contributed by atoms with E-state index in [9.17, 15) is 9.50 Å². The molecule has 8 heteroatoms. The molecule has 0 aliphatic carbocycles. The van der Waals surface area contributed by atoms with E-state index in [4.69, 9.17) is 0 Å². The van der Waals surface area contributed by atoms with Crippen molar-refractivity contribution in [2.24, 2.45) is 7.05 Å². The van der Waals surface area contributed by atoms with Gasteiger partial charge in [0.2, 0.25) is 0 Å². The lowest BCUT2D eigenvalue weighted by atomic mass is 9.96. The molecule has 4 heterocycles. The molecule has 4 atom stereocenters. The molecule has 28 heavy (non-hydrogen) atoms. The van der Waals surface area contributed by atoms with Gasteiger partial charge in [0.1, 0.15) is 17.5 Å². The highest BCUT2D eigenvalue weighted by Crippen LogP contribution is 2.35. The van der Waals surface area contributed by atoms with E-state index in [1.54, 1.807) is 18.7 Å². The number of aromatic hydroxyl groups is 1. The van der Waals surface area contributed by atoms with Gasteiger partial charge in [0.25, 0.3) is 0 Å². The molecule has 7 nitrogen and oxygen atoms in total. The monoisotopic (exact) mass is 382 g/mol.